The Hall–Kier alpha value is -1.29. The van der Waals surface area contributed by atoms with Crippen molar-refractivity contribution in [1.82, 2.24) is 4.72 Å². The van der Waals surface area contributed by atoms with Gasteiger partial charge in [0.2, 0.25) is 0 Å². The molecule has 1 aromatic carbocycles. The fourth-order valence-corrected chi connectivity index (χ4v) is 2.22. The summed E-state index contributed by atoms with van der Waals surface area (Å²) in [6.45, 7) is 4.00. The molecule has 3 nitrogen and oxygen atoms in total. The Morgan fingerprint density at radius 3 is 2.43 bits per heavy atom. The molecule has 1 N–H and O–H groups in total. The third-order valence-corrected chi connectivity index (χ3v) is 3.09. The first-order chi connectivity index (χ1) is 6.70. The van der Waals surface area contributed by atoms with Crippen molar-refractivity contribution in [2.24, 2.45) is 0 Å². The number of nitrogens with one attached hydrogen (secondary N) is 1. The second-order valence-electron chi connectivity index (χ2n) is 2.49. The zero-order chi connectivity index (χ0) is 10.6. The van der Waals surface area contributed by atoms with Crippen LogP contribution in [0.15, 0.2) is 35.4 Å². The quantitative estimate of drug-likeness (QED) is 0.713. The van der Waals surface area contributed by atoms with Crippen LogP contribution in [0.1, 0.15) is 19.4 Å². The molecule has 14 heavy (non-hydrogen) atoms. The second kappa shape index (κ2) is 4.28. The fraction of sp³-hybridized carbons (Fsp3) is 0.200. The van der Waals surface area contributed by atoms with Crippen molar-refractivity contribution < 1.29 is 8.42 Å². The molecular weight excluding hydrogens is 198 g/mol. The van der Waals surface area contributed by atoms with Crippen LogP contribution in [-0.2, 0) is 10.0 Å². The smallest absolute Gasteiger partial charge is 0.262 e. The monoisotopic (exact) mass is 211 g/mol. The van der Waals surface area contributed by atoms with Crippen molar-refractivity contribution in [1.29, 1.82) is 0 Å². The van der Waals surface area contributed by atoms with Crippen LogP contribution in [0.3, 0.4) is 0 Å². The van der Waals surface area contributed by atoms with E-state index in [0.29, 0.717) is 4.90 Å². The molecule has 1 aromatic rings. The van der Waals surface area contributed by atoms with Gasteiger partial charge in [0, 0.05) is 6.20 Å². The largest absolute Gasteiger partial charge is 0.286 e. The van der Waals surface area contributed by atoms with Crippen molar-refractivity contribution in [2.45, 2.75) is 18.7 Å². The summed E-state index contributed by atoms with van der Waals surface area (Å²) in [4.78, 5) is 0.340. The first kappa shape index (κ1) is 10.8. The molecule has 0 saturated carbocycles. The second-order valence-corrected chi connectivity index (χ2v) is 4.17. The summed E-state index contributed by atoms with van der Waals surface area (Å²) >= 11 is 0. The fourth-order valence-electron chi connectivity index (χ4n) is 1.14. The lowest BCUT2D eigenvalue weighted by Crippen LogP contribution is -2.21. The van der Waals surface area contributed by atoms with Crippen LogP contribution in [0.5, 0.6) is 0 Å². The number of rotatable bonds is 0. The van der Waals surface area contributed by atoms with Gasteiger partial charge in [-0.15, -0.1) is 0 Å². The summed E-state index contributed by atoms with van der Waals surface area (Å²) in [6, 6.07) is 6.87. The number of sulfonamides is 1. The van der Waals surface area contributed by atoms with Gasteiger partial charge in [-0.05, 0) is 17.7 Å². The number of fused-ring (bicyclic) bond motifs is 1. The van der Waals surface area contributed by atoms with E-state index in [-0.39, 0.29) is 0 Å². The lowest BCUT2D eigenvalue weighted by atomic mass is 10.2. The normalized spacial score (nSPS) is 15.9. The number of benzene rings is 1. The number of hydrogen-bond acceptors (Lipinski definition) is 2. The van der Waals surface area contributed by atoms with E-state index >= 15 is 0 Å². The number of hydrogen-bond donors (Lipinski definition) is 1. The Morgan fingerprint density at radius 2 is 1.79 bits per heavy atom. The van der Waals surface area contributed by atoms with E-state index in [1.54, 1.807) is 24.3 Å². The molecule has 0 aromatic heterocycles. The maximum atomic E-state index is 11.3. The van der Waals surface area contributed by atoms with Gasteiger partial charge in [-0.2, -0.15) is 0 Å². The van der Waals surface area contributed by atoms with Crippen molar-refractivity contribution in [3.8, 4) is 0 Å². The molecular formula is C10H13NO2S. The highest BCUT2D eigenvalue weighted by molar-refractivity contribution is 7.89. The molecule has 0 saturated heterocycles. The average Bonchev–Trinajstić information content (AvgIpc) is 2.21. The van der Waals surface area contributed by atoms with E-state index in [9.17, 15) is 8.42 Å². The summed E-state index contributed by atoms with van der Waals surface area (Å²) in [5, 5.41) is 0. The molecule has 0 fully saturated rings. The summed E-state index contributed by atoms with van der Waals surface area (Å²) in [6.07, 6.45) is 3.16. The molecule has 0 unspecified atom stereocenters. The zero-order valence-corrected chi connectivity index (χ0v) is 9.01. The molecule has 0 aliphatic carbocycles. The van der Waals surface area contributed by atoms with Crippen molar-refractivity contribution in [2.75, 3.05) is 0 Å². The van der Waals surface area contributed by atoms with Crippen molar-refractivity contribution >= 4 is 16.1 Å². The molecule has 76 valence electrons. The third-order valence-electron chi connectivity index (χ3n) is 1.69. The standard InChI is InChI=1S/C8H7NO2S.C2H6/c10-12(11)8-4-2-1-3-7(8)5-6-9-12;1-2/h1-6,9H;1-2H3. The molecule has 1 heterocycles. The SMILES string of the molecule is CC.O=S1(=O)NC=Cc2ccccc21. The van der Waals surface area contributed by atoms with Crippen LogP contribution in [0.4, 0.5) is 0 Å². The first-order valence-corrected chi connectivity index (χ1v) is 5.96. The molecule has 0 atom stereocenters. The first-order valence-electron chi connectivity index (χ1n) is 4.48. The van der Waals surface area contributed by atoms with Gasteiger partial charge < -0.3 is 0 Å². The molecule has 0 amide bonds. The average molecular weight is 211 g/mol. The Morgan fingerprint density at radius 1 is 1.14 bits per heavy atom. The predicted molar refractivity (Wildman–Crippen MR) is 57.1 cm³/mol. The summed E-state index contributed by atoms with van der Waals surface area (Å²) in [5.74, 6) is 0. The van der Waals surface area contributed by atoms with Crippen LogP contribution in [0.2, 0.25) is 0 Å². The minimum absolute atomic E-state index is 0.340. The van der Waals surface area contributed by atoms with E-state index in [2.05, 4.69) is 4.72 Å². The van der Waals surface area contributed by atoms with E-state index in [1.165, 1.54) is 6.20 Å². The molecule has 1 aliphatic heterocycles. The Balaban J connectivity index is 0.000000461. The predicted octanol–water partition coefficient (Wildman–Crippen LogP) is 1.98. The van der Waals surface area contributed by atoms with Gasteiger partial charge in [-0.3, -0.25) is 4.72 Å². The summed E-state index contributed by atoms with van der Waals surface area (Å²) in [7, 11) is -3.28. The van der Waals surface area contributed by atoms with Gasteiger partial charge in [-0.25, -0.2) is 8.42 Å². The Labute approximate surface area is 84.5 Å². The van der Waals surface area contributed by atoms with Gasteiger partial charge in [-0.1, -0.05) is 32.0 Å². The van der Waals surface area contributed by atoms with E-state index < -0.39 is 10.0 Å². The van der Waals surface area contributed by atoms with Crippen LogP contribution >= 0.6 is 0 Å². The van der Waals surface area contributed by atoms with E-state index in [1.807, 2.05) is 19.9 Å². The maximum absolute atomic E-state index is 11.3. The van der Waals surface area contributed by atoms with Gasteiger partial charge in [0.05, 0.1) is 4.90 Å². The molecule has 0 bridgehead atoms. The Kier molecular flexibility index (Phi) is 3.30. The molecule has 4 heteroatoms. The van der Waals surface area contributed by atoms with Gasteiger partial charge >= 0.3 is 0 Å². The third kappa shape index (κ3) is 1.96. The highest BCUT2D eigenvalue weighted by atomic mass is 32.2. The molecule has 1 aliphatic rings. The molecule has 2 rings (SSSR count). The highest BCUT2D eigenvalue weighted by Crippen LogP contribution is 2.19. The van der Waals surface area contributed by atoms with Crippen LogP contribution < -0.4 is 4.72 Å². The van der Waals surface area contributed by atoms with Crippen molar-refractivity contribution in [3.05, 3.63) is 36.0 Å². The topological polar surface area (TPSA) is 46.2 Å². The minimum Gasteiger partial charge on any atom is -0.286 e. The summed E-state index contributed by atoms with van der Waals surface area (Å²) in [5.41, 5.74) is 0.733. The highest BCUT2D eigenvalue weighted by Gasteiger charge is 2.17. The lowest BCUT2D eigenvalue weighted by Gasteiger charge is -2.11. The minimum atomic E-state index is -3.28. The van der Waals surface area contributed by atoms with E-state index in [4.69, 9.17) is 0 Å². The Bertz CT molecular complexity index is 435. The van der Waals surface area contributed by atoms with Crippen LogP contribution in [-0.4, -0.2) is 8.42 Å². The van der Waals surface area contributed by atoms with Gasteiger partial charge in [0.25, 0.3) is 10.0 Å². The van der Waals surface area contributed by atoms with E-state index in [0.717, 1.165) is 5.56 Å². The lowest BCUT2D eigenvalue weighted by molar-refractivity contribution is 0.590. The molecule has 0 spiro atoms. The van der Waals surface area contributed by atoms with Crippen LogP contribution in [0, 0.1) is 0 Å². The maximum Gasteiger partial charge on any atom is 0.262 e. The van der Waals surface area contributed by atoms with Gasteiger partial charge in [0.1, 0.15) is 0 Å². The van der Waals surface area contributed by atoms with Crippen molar-refractivity contribution in [3.63, 3.8) is 0 Å². The van der Waals surface area contributed by atoms with Gasteiger partial charge in [0.15, 0.2) is 0 Å². The zero-order valence-electron chi connectivity index (χ0n) is 8.19. The summed E-state index contributed by atoms with van der Waals surface area (Å²) < 4.78 is 24.9. The van der Waals surface area contributed by atoms with Crippen LogP contribution in [0.25, 0.3) is 6.08 Å². The molecule has 0 radical (unpaired) electrons.